The van der Waals surface area contributed by atoms with E-state index in [9.17, 15) is 4.79 Å². The first-order valence-corrected chi connectivity index (χ1v) is 9.10. The molecule has 3 aromatic heterocycles. The van der Waals surface area contributed by atoms with E-state index in [1.807, 2.05) is 24.3 Å². The summed E-state index contributed by atoms with van der Waals surface area (Å²) >= 11 is 7.46. The van der Waals surface area contributed by atoms with Gasteiger partial charge in [0, 0.05) is 34.9 Å². The molecule has 0 spiro atoms. The quantitative estimate of drug-likeness (QED) is 0.578. The summed E-state index contributed by atoms with van der Waals surface area (Å²) in [7, 11) is 0. The number of hydrogen-bond acceptors (Lipinski definition) is 5. The van der Waals surface area contributed by atoms with E-state index in [0.717, 1.165) is 10.4 Å². The van der Waals surface area contributed by atoms with Crippen LogP contribution in [-0.2, 0) is 6.42 Å². The van der Waals surface area contributed by atoms with Gasteiger partial charge in [-0.3, -0.25) is 10.1 Å². The maximum Gasteiger partial charge on any atom is 0.263 e. The van der Waals surface area contributed by atoms with Gasteiger partial charge in [0.2, 0.25) is 0 Å². The summed E-state index contributed by atoms with van der Waals surface area (Å²) in [5, 5.41) is 8.40. The van der Waals surface area contributed by atoms with Crippen molar-refractivity contribution in [2.45, 2.75) is 13.3 Å². The number of nitrogens with zero attached hydrogens (tertiary/aromatic N) is 4. The van der Waals surface area contributed by atoms with Gasteiger partial charge in [0.1, 0.15) is 5.56 Å². The molecule has 0 aliphatic carbocycles. The molecule has 0 unspecified atom stereocenters. The van der Waals surface area contributed by atoms with E-state index < -0.39 is 0 Å². The number of nitrogens with one attached hydrogen (secondary N) is 1. The number of hydrogen-bond donors (Lipinski definition) is 1. The normalized spacial score (nSPS) is 11.0. The van der Waals surface area contributed by atoms with Crippen molar-refractivity contribution in [3.8, 4) is 0 Å². The van der Waals surface area contributed by atoms with E-state index >= 15 is 0 Å². The van der Waals surface area contributed by atoms with Gasteiger partial charge >= 0.3 is 0 Å². The maximum atomic E-state index is 12.7. The molecule has 1 amide bonds. The van der Waals surface area contributed by atoms with E-state index in [-0.39, 0.29) is 5.91 Å². The number of thiazole rings is 1. The largest absolute Gasteiger partial charge is 0.298 e. The summed E-state index contributed by atoms with van der Waals surface area (Å²) in [5.41, 5.74) is 2.70. The fraction of sp³-hybridized carbons (Fsp3) is 0.111. The smallest absolute Gasteiger partial charge is 0.263 e. The summed E-state index contributed by atoms with van der Waals surface area (Å²) in [6.45, 7) is 1.79. The Balaban J connectivity index is 1.53. The zero-order chi connectivity index (χ0) is 18.1. The van der Waals surface area contributed by atoms with Gasteiger partial charge in [-0.25, -0.2) is 14.5 Å². The molecule has 130 valence electrons. The van der Waals surface area contributed by atoms with Crippen LogP contribution in [0, 0.1) is 6.92 Å². The third-order valence-corrected chi connectivity index (χ3v) is 4.99. The van der Waals surface area contributed by atoms with Crippen LogP contribution >= 0.6 is 22.9 Å². The standard InChI is InChI=1S/C18H14ClN5OS/c1-11-15(16-20-6-3-7-24(16)23-11)17(25)22-18-21-10-14(26-18)9-12-4-2-5-13(19)8-12/h2-8,10H,9H2,1H3,(H,21,22,25). The van der Waals surface area contributed by atoms with Crippen LogP contribution in [-0.4, -0.2) is 25.5 Å². The molecule has 0 aliphatic heterocycles. The van der Waals surface area contributed by atoms with Crippen molar-refractivity contribution in [1.82, 2.24) is 19.6 Å². The number of carbonyl (C=O) groups excluding carboxylic acids is 1. The zero-order valence-electron chi connectivity index (χ0n) is 13.8. The van der Waals surface area contributed by atoms with Crippen LogP contribution in [0.4, 0.5) is 5.13 Å². The third-order valence-electron chi connectivity index (χ3n) is 3.84. The van der Waals surface area contributed by atoms with Crippen LogP contribution in [0.15, 0.2) is 48.9 Å². The highest BCUT2D eigenvalue weighted by Gasteiger charge is 2.19. The SMILES string of the molecule is Cc1nn2cccnc2c1C(=O)Nc1ncc(Cc2cccc(Cl)c2)s1. The molecular weight excluding hydrogens is 370 g/mol. The molecule has 6 nitrogen and oxygen atoms in total. The average molecular weight is 384 g/mol. The molecule has 0 radical (unpaired) electrons. The van der Waals surface area contributed by atoms with Crippen molar-refractivity contribution in [3.63, 3.8) is 0 Å². The number of halogens is 1. The Morgan fingerprint density at radius 3 is 3.04 bits per heavy atom. The lowest BCUT2D eigenvalue weighted by Gasteiger charge is -2.01. The third kappa shape index (κ3) is 3.31. The topological polar surface area (TPSA) is 72.2 Å². The van der Waals surface area contributed by atoms with Crippen molar-refractivity contribution in [1.29, 1.82) is 0 Å². The second-order valence-corrected chi connectivity index (χ2v) is 7.29. The summed E-state index contributed by atoms with van der Waals surface area (Å²) in [4.78, 5) is 22.3. The minimum Gasteiger partial charge on any atom is -0.298 e. The van der Waals surface area contributed by atoms with Crippen molar-refractivity contribution >= 4 is 39.6 Å². The van der Waals surface area contributed by atoms with Gasteiger partial charge in [0.15, 0.2) is 10.8 Å². The van der Waals surface area contributed by atoms with Gasteiger partial charge in [-0.05, 0) is 30.7 Å². The first kappa shape index (κ1) is 16.7. The predicted octanol–water partition coefficient (Wildman–Crippen LogP) is 3.99. The summed E-state index contributed by atoms with van der Waals surface area (Å²) in [6, 6.07) is 9.47. The molecule has 0 aliphatic rings. The molecule has 0 bridgehead atoms. The fourth-order valence-corrected chi connectivity index (χ4v) is 3.77. The van der Waals surface area contributed by atoms with Crippen molar-refractivity contribution in [2.24, 2.45) is 0 Å². The average Bonchev–Trinajstić information content (AvgIpc) is 3.17. The monoisotopic (exact) mass is 383 g/mol. The number of benzene rings is 1. The second-order valence-electron chi connectivity index (χ2n) is 5.74. The molecule has 1 N–H and O–H groups in total. The Bertz CT molecular complexity index is 1100. The van der Waals surface area contributed by atoms with Gasteiger partial charge < -0.3 is 0 Å². The van der Waals surface area contributed by atoms with Crippen LogP contribution in [0.5, 0.6) is 0 Å². The minimum atomic E-state index is -0.264. The Morgan fingerprint density at radius 1 is 1.31 bits per heavy atom. The number of fused-ring (bicyclic) bond motifs is 1. The number of carbonyl (C=O) groups is 1. The van der Waals surface area contributed by atoms with Crippen LogP contribution in [0.1, 0.15) is 26.5 Å². The van der Waals surface area contributed by atoms with Gasteiger partial charge in [0.25, 0.3) is 5.91 Å². The van der Waals surface area contributed by atoms with E-state index in [2.05, 4.69) is 20.4 Å². The number of aryl methyl sites for hydroxylation is 1. The molecule has 0 fully saturated rings. The number of aromatic nitrogens is 4. The number of anilines is 1. The van der Waals surface area contributed by atoms with Gasteiger partial charge in [-0.15, -0.1) is 11.3 Å². The molecule has 4 rings (SSSR count). The summed E-state index contributed by atoms with van der Waals surface area (Å²) in [6.07, 6.45) is 5.88. The van der Waals surface area contributed by atoms with Gasteiger partial charge in [-0.1, -0.05) is 23.7 Å². The lowest BCUT2D eigenvalue weighted by molar-refractivity contribution is 0.102. The molecule has 0 atom stereocenters. The predicted molar refractivity (Wildman–Crippen MR) is 102 cm³/mol. The van der Waals surface area contributed by atoms with Crippen molar-refractivity contribution in [3.05, 3.63) is 75.6 Å². The highest BCUT2D eigenvalue weighted by atomic mass is 35.5. The highest BCUT2D eigenvalue weighted by Crippen LogP contribution is 2.24. The number of rotatable bonds is 4. The lowest BCUT2D eigenvalue weighted by atomic mass is 10.1. The van der Waals surface area contributed by atoms with Crippen molar-refractivity contribution < 1.29 is 4.79 Å². The van der Waals surface area contributed by atoms with Crippen LogP contribution < -0.4 is 5.32 Å². The fourth-order valence-electron chi connectivity index (χ4n) is 2.72. The lowest BCUT2D eigenvalue weighted by Crippen LogP contribution is -2.13. The Hall–Kier alpha value is -2.77. The first-order chi connectivity index (χ1) is 12.6. The molecular formula is C18H14ClN5OS. The Morgan fingerprint density at radius 2 is 2.19 bits per heavy atom. The molecule has 4 aromatic rings. The van der Waals surface area contributed by atoms with E-state index in [0.29, 0.717) is 33.5 Å². The van der Waals surface area contributed by atoms with Crippen LogP contribution in [0.2, 0.25) is 5.02 Å². The van der Waals surface area contributed by atoms with E-state index in [4.69, 9.17) is 11.6 Å². The van der Waals surface area contributed by atoms with E-state index in [1.54, 1.807) is 36.1 Å². The van der Waals surface area contributed by atoms with Gasteiger partial charge in [-0.2, -0.15) is 5.10 Å². The molecule has 1 aromatic carbocycles. The highest BCUT2D eigenvalue weighted by molar-refractivity contribution is 7.15. The number of amides is 1. The molecule has 26 heavy (non-hydrogen) atoms. The molecule has 8 heteroatoms. The molecule has 0 saturated carbocycles. The molecule has 3 heterocycles. The molecule has 0 saturated heterocycles. The Kier molecular flexibility index (Phi) is 4.40. The first-order valence-electron chi connectivity index (χ1n) is 7.90. The van der Waals surface area contributed by atoms with Crippen LogP contribution in [0.25, 0.3) is 5.65 Å². The van der Waals surface area contributed by atoms with E-state index in [1.165, 1.54) is 11.3 Å². The zero-order valence-corrected chi connectivity index (χ0v) is 15.4. The van der Waals surface area contributed by atoms with Crippen molar-refractivity contribution in [2.75, 3.05) is 5.32 Å². The second kappa shape index (κ2) is 6.86. The Labute approximate surface area is 158 Å². The summed E-state index contributed by atoms with van der Waals surface area (Å²) in [5.74, 6) is -0.264. The summed E-state index contributed by atoms with van der Waals surface area (Å²) < 4.78 is 1.59. The maximum absolute atomic E-state index is 12.7. The van der Waals surface area contributed by atoms with Crippen LogP contribution in [0.3, 0.4) is 0 Å². The van der Waals surface area contributed by atoms with Gasteiger partial charge in [0.05, 0.1) is 5.69 Å². The minimum absolute atomic E-state index is 0.264.